The van der Waals surface area contributed by atoms with E-state index in [1.165, 1.54) is 69.9 Å². The van der Waals surface area contributed by atoms with E-state index in [9.17, 15) is 0 Å². The zero-order chi connectivity index (χ0) is 17.8. The molecule has 0 heterocycles. The third kappa shape index (κ3) is 5.27. The maximum Gasteiger partial charge on any atom is 0.0143 e. The predicted molar refractivity (Wildman–Crippen MR) is 107 cm³/mol. The van der Waals surface area contributed by atoms with E-state index in [0.29, 0.717) is 10.8 Å². The van der Waals surface area contributed by atoms with E-state index in [-0.39, 0.29) is 0 Å². The van der Waals surface area contributed by atoms with Crippen LogP contribution in [0.3, 0.4) is 0 Å². The van der Waals surface area contributed by atoms with Crippen LogP contribution in [0.5, 0.6) is 0 Å². The van der Waals surface area contributed by atoms with Gasteiger partial charge in [-0.3, -0.25) is 0 Å². The fourth-order valence-corrected chi connectivity index (χ4v) is 5.54. The van der Waals surface area contributed by atoms with Gasteiger partial charge in [-0.25, -0.2) is 0 Å². The van der Waals surface area contributed by atoms with Gasteiger partial charge in [0.05, 0.1) is 0 Å². The van der Waals surface area contributed by atoms with Crippen molar-refractivity contribution in [2.45, 2.75) is 98.8 Å². The Kier molecular flexibility index (Phi) is 6.85. The Balaban J connectivity index is 1.93. The van der Waals surface area contributed by atoms with Crippen LogP contribution in [0.25, 0.3) is 0 Å². The molecule has 0 spiro atoms. The maximum atomic E-state index is 4.39. The summed E-state index contributed by atoms with van der Waals surface area (Å²) >= 11 is 0. The summed E-state index contributed by atoms with van der Waals surface area (Å²) in [6.07, 6.45) is 13.8. The van der Waals surface area contributed by atoms with E-state index >= 15 is 0 Å². The smallest absolute Gasteiger partial charge is 0.0143 e. The molecule has 4 atom stereocenters. The first kappa shape index (κ1) is 19.9. The van der Waals surface area contributed by atoms with Crippen molar-refractivity contribution in [3.63, 3.8) is 0 Å². The monoisotopic (exact) mass is 333 g/mol. The zero-order valence-corrected chi connectivity index (χ0v) is 17.2. The highest BCUT2D eigenvalue weighted by Gasteiger charge is 2.45. The van der Waals surface area contributed by atoms with Crippen molar-refractivity contribution < 1.29 is 0 Å². The molecule has 0 aromatic carbocycles. The molecule has 2 bridgehead atoms. The van der Waals surface area contributed by atoms with Gasteiger partial charge >= 0.3 is 0 Å². The minimum Gasteiger partial charge on any atom is -0.389 e. The second-order valence-electron chi connectivity index (χ2n) is 10.2. The highest BCUT2D eigenvalue weighted by atomic mass is 14.9. The van der Waals surface area contributed by atoms with Crippen molar-refractivity contribution in [1.82, 2.24) is 5.32 Å². The Bertz CT molecular complexity index is 412. The van der Waals surface area contributed by atoms with Crippen LogP contribution in [-0.2, 0) is 0 Å². The molecule has 0 aromatic heterocycles. The van der Waals surface area contributed by atoms with Crippen molar-refractivity contribution in [1.29, 1.82) is 0 Å². The first-order valence-electron chi connectivity index (χ1n) is 10.7. The lowest BCUT2D eigenvalue weighted by Gasteiger charge is -2.47. The third-order valence-corrected chi connectivity index (χ3v) is 7.29. The standard InChI is InChI=1S/C23H43N/c1-7-22(5)16-20-11-8-12-23(6,21(14-20)17-22)15-19(4)24-13-9-10-18(2)3/h18,20-21,24H,4,7-17H2,1-3,5-6H3. The first-order chi connectivity index (χ1) is 11.3. The summed E-state index contributed by atoms with van der Waals surface area (Å²) in [4.78, 5) is 0. The highest BCUT2D eigenvalue weighted by molar-refractivity contribution is 5.03. The summed E-state index contributed by atoms with van der Waals surface area (Å²) in [6, 6.07) is 0. The third-order valence-electron chi connectivity index (χ3n) is 7.29. The SMILES string of the molecule is C=C(CC1(C)CCCC2CC1CC(C)(CC)C2)NCCCC(C)C. The Morgan fingerprint density at radius 1 is 1.25 bits per heavy atom. The molecule has 2 aliphatic carbocycles. The minimum absolute atomic E-state index is 0.466. The quantitative estimate of drug-likeness (QED) is 0.474. The lowest BCUT2D eigenvalue weighted by atomic mass is 9.58. The minimum atomic E-state index is 0.466. The number of fused-ring (bicyclic) bond motifs is 2. The van der Waals surface area contributed by atoms with Crippen molar-refractivity contribution in [3.05, 3.63) is 12.3 Å². The van der Waals surface area contributed by atoms with E-state index in [0.717, 1.165) is 24.3 Å². The molecule has 2 saturated carbocycles. The van der Waals surface area contributed by atoms with E-state index in [2.05, 4.69) is 46.5 Å². The van der Waals surface area contributed by atoms with Gasteiger partial charge in [-0.15, -0.1) is 0 Å². The van der Waals surface area contributed by atoms with Crippen molar-refractivity contribution in [3.8, 4) is 0 Å². The maximum absolute atomic E-state index is 4.39. The Morgan fingerprint density at radius 3 is 2.67 bits per heavy atom. The molecule has 1 nitrogen and oxygen atoms in total. The first-order valence-corrected chi connectivity index (χ1v) is 10.7. The second kappa shape index (κ2) is 8.28. The fourth-order valence-electron chi connectivity index (χ4n) is 5.54. The molecule has 0 saturated heterocycles. The van der Waals surface area contributed by atoms with Crippen molar-refractivity contribution >= 4 is 0 Å². The lowest BCUT2D eigenvalue weighted by molar-refractivity contribution is 0.0389. The Morgan fingerprint density at radius 2 is 2.00 bits per heavy atom. The molecule has 0 radical (unpaired) electrons. The summed E-state index contributed by atoms with van der Waals surface area (Å²) in [5.74, 6) is 2.70. The van der Waals surface area contributed by atoms with Crippen LogP contribution in [0.2, 0.25) is 0 Å². The number of rotatable bonds is 8. The fraction of sp³-hybridized carbons (Fsp3) is 0.913. The summed E-state index contributed by atoms with van der Waals surface area (Å²) < 4.78 is 0. The molecule has 24 heavy (non-hydrogen) atoms. The lowest BCUT2D eigenvalue weighted by Crippen LogP contribution is -2.38. The summed E-state index contributed by atoms with van der Waals surface area (Å²) in [6.45, 7) is 17.6. The topological polar surface area (TPSA) is 12.0 Å². The van der Waals surface area contributed by atoms with Gasteiger partial charge in [0.2, 0.25) is 0 Å². The molecular formula is C23H43N. The van der Waals surface area contributed by atoms with Crippen molar-refractivity contribution in [2.75, 3.05) is 6.54 Å². The molecule has 1 heteroatoms. The van der Waals surface area contributed by atoms with Crippen molar-refractivity contribution in [2.24, 2.45) is 28.6 Å². The van der Waals surface area contributed by atoms with Crippen LogP contribution < -0.4 is 5.32 Å². The highest BCUT2D eigenvalue weighted by Crippen LogP contribution is 2.56. The average molecular weight is 334 g/mol. The molecular weight excluding hydrogens is 290 g/mol. The van der Waals surface area contributed by atoms with Crippen LogP contribution in [-0.4, -0.2) is 6.54 Å². The molecule has 1 N–H and O–H groups in total. The van der Waals surface area contributed by atoms with Crippen LogP contribution in [0.15, 0.2) is 12.3 Å². The van der Waals surface area contributed by atoms with Gasteiger partial charge < -0.3 is 5.32 Å². The van der Waals surface area contributed by atoms with Gasteiger partial charge in [0.15, 0.2) is 0 Å². The van der Waals surface area contributed by atoms with Gasteiger partial charge in [-0.2, -0.15) is 0 Å². The van der Waals surface area contributed by atoms with Gasteiger partial charge in [0.25, 0.3) is 0 Å². The number of hydrogen-bond acceptors (Lipinski definition) is 1. The largest absolute Gasteiger partial charge is 0.389 e. The van der Waals surface area contributed by atoms with Crippen LogP contribution in [0.4, 0.5) is 0 Å². The molecule has 4 unspecified atom stereocenters. The van der Waals surface area contributed by atoms with Gasteiger partial charge in [0.1, 0.15) is 0 Å². The Hall–Kier alpha value is -0.460. The van der Waals surface area contributed by atoms with Crippen LogP contribution in [0, 0.1) is 28.6 Å². The average Bonchev–Trinajstić information content (AvgIpc) is 2.61. The Labute approximate surface area is 152 Å². The van der Waals surface area contributed by atoms with E-state index in [4.69, 9.17) is 0 Å². The normalized spacial score (nSPS) is 36.4. The van der Waals surface area contributed by atoms with Gasteiger partial charge in [-0.1, -0.05) is 60.5 Å². The molecule has 2 fully saturated rings. The summed E-state index contributed by atoms with van der Waals surface area (Å²) in [5, 5.41) is 3.65. The number of allylic oxidation sites excluding steroid dienone is 1. The van der Waals surface area contributed by atoms with Gasteiger partial charge in [-0.05, 0) is 73.5 Å². The summed E-state index contributed by atoms with van der Waals surface area (Å²) in [7, 11) is 0. The number of nitrogens with one attached hydrogen (secondary N) is 1. The van der Waals surface area contributed by atoms with E-state index < -0.39 is 0 Å². The molecule has 140 valence electrons. The van der Waals surface area contributed by atoms with Crippen LogP contribution >= 0.6 is 0 Å². The van der Waals surface area contributed by atoms with E-state index in [1.54, 1.807) is 0 Å². The molecule has 2 rings (SSSR count). The molecule has 2 aliphatic rings. The van der Waals surface area contributed by atoms with Gasteiger partial charge in [0, 0.05) is 12.2 Å². The molecule has 0 aromatic rings. The second-order valence-corrected chi connectivity index (χ2v) is 10.2. The van der Waals surface area contributed by atoms with Crippen LogP contribution in [0.1, 0.15) is 98.8 Å². The van der Waals surface area contributed by atoms with E-state index in [1.807, 2.05) is 0 Å². The predicted octanol–water partition coefficient (Wildman–Crippen LogP) is 6.94. The molecule has 0 aliphatic heterocycles. The number of hydrogen-bond donors (Lipinski definition) is 1. The zero-order valence-electron chi connectivity index (χ0n) is 17.2. The summed E-state index contributed by atoms with van der Waals surface area (Å²) in [5.41, 5.74) is 2.35. The molecule has 0 amide bonds.